The summed E-state index contributed by atoms with van der Waals surface area (Å²) >= 11 is 0. The molecule has 0 aromatic rings. The second-order valence-corrected chi connectivity index (χ2v) is 4.56. The number of amides is 1. The number of alkyl halides is 3. The van der Waals surface area contributed by atoms with Gasteiger partial charge in [-0.15, -0.1) is 0 Å². The van der Waals surface area contributed by atoms with Crippen molar-refractivity contribution in [2.24, 2.45) is 5.41 Å². The average molecular weight is 285 g/mol. The molecule has 0 heterocycles. The number of carbonyl (C=O) groups excluding carboxylic acids is 1. The average Bonchev–Trinajstić information content (AvgIpc) is 2.36. The van der Waals surface area contributed by atoms with Crippen molar-refractivity contribution in [3.63, 3.8) is 0 Å². The Morgan fingerprint density at radius 2 is 1.84 bits per heavy atom. The van der Waals surface area contributed by atoms with Crippen molar-refractivity contribution < 1.29 is 27.8 Å². The van der Waals surface area contributed by atoms with Crippen molar-refractivity contribution in [2.45, 2.75) is 39.3 Å². The van der Waals surface area contributed by atoms with Crippen LogP contribution in [0.1, 0.15) is 33.1 Å². The lowest BCUT2D eigenvalue weighted by molar-refractivity contribution is -0.174. The van der Waals surface area contributed by atoms with E-state index in [0.29, 0.717) is 19.4 Å². The number of nitrogens with one attached hydrogen (secondary N) is 1. The molecule has 0 fully saturated rings. The van der Waals surface area contributed by atoms with Crippen LogP contribution in [0.25, 0.3) is 0 Å². The molecule has 0 saturated carbocycles. The van der Waals surface area contributed by atoms with Gasteiger partial charge in [-0.25, -0.2) is 0 Å². The fraction of sp³-hybridized carbons (Fsp3) is 0.917. The van der Waals surface area contributed by atoms with E-state index < -0.39 is 12.8 Å². The molecular weight excluding hydrogens is 263 g/mol. The highest BCUT2D eigenvalue weighted by Gasteiger charge is 2.28. The molecule has 0 aliphatic carbocycles. The van der Waals surface area contributed by atoms with Crippen LogP contribution >= 0.6 is 0 Å². The molecule has 1 amide bonds. The first-order chi connectivity index (χ1) is 8.78. The van der Waals surface area contributed by atoms with E-state index in [9.17, 15) is 23.1 Å². The topological polar surface area (TPSA) is 58.6 Å². The quantitative estimate of drug-likeness (QED) is 0.636. The first-order valence-electron chi connectivity index (χ1n) is 6.30. The van der Waals surface area contributed by atoms with Crippen molar-refractivity contribution in [1.29, 1.82) is 0 Å². The first-order valence-corrected chi connectivity index (χ1v) is 6.30. The Bertz CT molecular complexity index is 257. The Morgan fingerprint density at radius 1 is 1.26 bits per heavy atom. The van der Waals surface area contributed by atoms with Gasteiger partial charge in [0.1, 0.15) is 6.61 Å². The van der Waals surface area contributed by atoms with Gasteiger partial charge < -0.3 is 15.2 Å². The lowest BCUT2D eigenvalue weighted by Gasteiger charge is -2.29. The van der Waals surface area contributed by atoms with Gasteiger partial charge in [-0.05, 0) is 12.8 Å². The van der Waals surface area contributed by atoms with E-state index in [-0.39, 0.29) is 31.0 Å². The summed E-state index contributed by atoms with van der Waals surface area (Å²) in [6.45, 7) is 2.50. The van der Waals surface area contributed by atoms with E-state index in [0.717, 1.165) is 0 Å². The lowest BCUT2D eigenvalue weighted by atomic mass is 9.83. The van der Waals surface area contributed by atoms with Crippen molar-refractivity contribution in [1.82, 2.24) is 5.32 Å². The number of carbonyl (C=O) groups is 1. The number of ether oxygens (including phenoxy) is 1. The molecule has 0 aromatic carbocycles. The minimum atomic E-state index is -4.37. The minimum Gasteiger partial charge on any atom is -0.396 e. The molecule has 19 heavy (non-hydrogen) atoms. The Labute approximate surface area is 111 Å². The molecule has 2 N–H and O–H groups in total. The van der Waals surface area contributed by atoms with Gasteiger partial charge in [-0.3, -0.25) is 4.79 Å². The SMILES string of the molecule is CCC(CC)(CO)CNC(=O)CCOCC(F)(F)F. The molecule has 0 radical (unpaired) electrons. The van der Waals surface area contributed by atoms with Crippen LogP contribution in [0.15, 0.2) is 0 Å². The number of rotatable bonds is 9. The molecule has 0 spiro atoms. The maximum absolute atomic E-state index is 11.8. The molecule has 0 atom stereocenters. The summed E-state index contributed by atoms with van der Waals surface area (Å²) in [4.78, 5) is 11.4. The summed E-state index contributed by atoms with van der Waals surface area (Å²) in [6.07, 6.45) is -3.06. The Balaban J connectivity index is 3.87. The van der Waals surface area contributed by atoms with Gasteiger partial charge in [0.15, 0.2) is 0 Å². The third kappa shape index (κ3) is 8.05. The predicted molar refractivity (Wildman–Crippen MR) is 64.6 cm³/mol. The molecule has 0 rings (SSSR count). The molecule has 7 heteroatoms. The van der Waals surface area contributed by atoms with E-state index in [1.807, 2.05) is 13.8 Å². The molecule has 0 saturated heterocycles. The summed E-state index contributed by atoms with van der Waals surface area (Å²) in [6, 6.07) is 0. The maximum Gasteiger partial charge on any atom is 0.411 e. The van der Waals surface area contributed by atoms with Gasteiger partial charge in [0.05, 0.1) is 13.2 Å². The molecule has 0 aromatic heterocycles. The minimum absolute atomic E-state index is 0.0369. The molecular formula is C12H22F3NO3. The highest BCUT2D eigenvalue weighted by molar-refractivity contribution is 5.75. The summed E-state index contributed by atoms with van der Waals surface area (Å²) < 4.78 is 39.6. The molecule has 0 aliphatic heterocycles. The van der Waals surface area contributed by atoms with Gasteiger partial charge in [-0.2, -0.15) is 13.2 Å². The Kier molecular flexibility index (Phi) is 8.01. The summed E-state index contributed by atoms with van der Waals surface area (Å²) in [5.74, 6) is -0.373. The van der Waals surface area contributed by atoms with Crippen LogP contribution in [0.5, 0.6) is 0 Å². The monoisotopic (exact) mass is 285 g/mol. The highest BCUT2D eigenvalue weighted by Crippen LogP contribution is 2.24. The van der Waals surface area contributed by atoms with Crippen LogP contribution in [0.3, 0.4) is 0 Å². The standard InChI is InChI=1S/C12H22F3NO3/c1-3-11(4-2,8-17)7-16-10(18)5-6-19-9-12(13,14)15/h17H,3-9H2,1-2H3,(H,16,18). The molecule has 4 nitrogen and oxygen atoms in total. The summed E-state index contributed by atoms with van der Waals surface area (Å²) in [5, 5.41) is 11.9. The first kappa shape index (κ1) is 18.2. The van der Waals surface area contributed by atoms with E-state index in [1.54, 1.807) is 0 Å². The molecule has 114 valence electrons. The molecule has 0 bridgehead atoms. The normalized spacial score (nSPS) is 12.5. The van der Waals surface area contributed by atoms with Gasteiger partial charge in [0, 0.05) is 18.4 Å². The van der Waals surface area contributed by atoms with Crippen molar-refractivity contribution >= 4 is 5.91 Å². The third-order valence-electron chi connectivity index (χ3n) is 3.24. The van der Waals surface area contributed by atoms with Crippen molar-refractivity contribution in [3.8, 4) is 0 Å². The smallest absolute Gasteiger partial charge is 0.396 e. The second-order valence-electron chi connectivity index (χ2n) is 4.56. The predicted octanol–water partition coefficient (Wildman–Crippen LogP) is 1.87. The van der Waals surface area contributed by atoms with Crippen LogP contribution in [-0.2, 0) is 9.53 Å². The van der Waals surface area contributed by atoms with Crippen LogP contribution < -0.4 is 5.32 Å². The van der Waals surface area contributed by atoms with E-state index in [4.69, 9.17) is 0 Å². The van der Waals surface area contributed by atoms with E-state index >= 15 is 0 Å². The molecule has 0 aliphatic rings. The maximum atomic E-state index is 11.8. The number of hydrogen-bond acceptors (Lipinski definition) is 3. The lowest BCUT2D eigenvalue weighted by Crippen LogP contribution is -2.39. The second kappa shape index (κ2) is 8.37. The Morgan fingerprint density at radius 3 is 2.26 bits per heavy atom. The van der Waals surface area contributed by atoms with Gasteiger partial charge >= 0.3 is 6.18 Å². The zero-order valence-electron chi connectivity index (χ0n) is 11.3. The highest BCUT2D eigenvalue weighted by atomic mass is 19.4. The van der Waals surface area contributed by atoms with Crippen LogP contribution in [0.4, 0.5) is 13.2 Å². The van der Waals surface area contributed by atoms with Gasteiger partial charge in [0.2, 0.25) is 5.91 Å². The van der Waals surface area contributed by atoms with E-state index in [2.05, 4.69) is 10.1 Å². The summed E-state index contributed by atoms with van der Waals surface area (Å²) in [7, 11) is 0. The zero-order valence-corrected chi connectivity index (χ0v) is 11.3. The van der Waals surface area contributed by atoms with Gasteiger partial charge in [-0.1, -0.05) is 13.8 Å². The number of aliphatic hydroxyl groups excluding tert-OH is 1. The summed E-state index contributed by atoms with van der Waals surface area (Å²) in [5.41, 5.74) is -0.359. The van der Waals surface area contributed by atoms with Crippen LogP contribution in [0.2, 0.25) is 0 Å². The van der Waals surface area contributed by atoms with Crippen molar-refractivity contribution in [3.05, 3.63) is 0 Å². The van der Waals surface area contributed by atoms with E-state index in [1.165, 1.54) is 0 Å². The number of hydrogen-bond donors (Lipinski definition) is 2. The fourth-order valence-electron chi connectivity index (χ4n) is 1.51. The number of halogens is 3. The zero-order chi connectivity index (χ0) is 14.9. The fourth-order valence-corrected chi connectivity index (χ4v) is 1.51. The van der Waals surface area contributed by atoms with Gasteiger partial charge in [0.25, 0.3) is 0 Å². The van der Waals surface area contributed by atoms with Crippen molar-refractivity contribution in [2.75, 3.05) is 26.4 Å². The van der Waals surface area contributed by atoms with Crippen LogP contribution in [0, 0.1) is 5.41 Å². The molecule has 0 unspecified atom stereocenters. The largest absolute Gasteiger partial charge is 0.411 e. The number of aliphatic hydroxyl groups is 1. The Hall–Kier alpha value is -0.820. The van der Waals surface area contributed by atoms with Crippen LogP contribution in [-0.4, -0.2) is 43.6 Å². The third-order valence-corrected chi connectivity index (χ3v) is 3.24.